The van der Waals surface area contributed by atoms with E-state index in [1.807, 2.05) is 24.3 Å². The second-order valence-corrected chi connectivity index (χ2v) is 5.28. The number of carbonyl (C=O) groups excluding carboxylic acids is 1. The van der Waals surface area contributed by atoms with Crippen molar-refractivity contribution in [3.63, 3.8) is 0 Å². The number of rotatable bonds is 3. The molecule has 0 saturated carbocycles. The van der Waals surface area contributed by atoms with Gasteiger partial charge in [0.2, 0.25) is 6.10 Å². The van der Waals surface area contributed by atoms with Crippen molar-refractivity contribution in [2.24, 2.45) is 0 Å². The summed E-state index contributed by atoms with van der Waals surface area (Å²) in [6.45, 7) is 3.10. The van der Waals surface area contributed by atoms with Gasteiger partial charge in [-0.1, -0.05) is 12.1 Å². The van der Waals surface area contributed by atoms with Crippen LogP contribution in [0.1, 0.15) is 0 Å². The molecule has 2 atom stereocenters. The first kappa shape index (κ1) is 14.2. The predicted molar refractivity (Wildman–Crippen MR) is 76.6 cm³/mol. The lowest BCUT2D eigenvalue weighted by molar-refractivity contribution is -0.141. The zero-order valence-electron chi connectivity index (χ0n) is 12.1. The average Bonchev–Trinajstić information content (AvgIpc) is 2.54. The number of benzene rings is 1. The van der Waals surface area contributed by atoms with Gasteiger partial charge < -0.3 is 24.4 Å². The number of nitrogens with zero attached hydrogens (tertiary/aromatic N) is 1. The maximum atomic E-state index is 12.4. The molecule has 0 radical (unpaired) electrons. The van der Waals surface area contributed by atoms with Crippen LogP contribution in [0.3, 0.4) is 0 Å². The standard InChI is InChI=1S/C15H20N2O4/c1-17(9-11-8-16-6-7-19-11)15(18)14-10-20-12-4-2-3-5-13(12)21-14/h2-5,11,14,16H,6-10H2,1H3. The highest BCUT2D eigenvalue weighted by Crippen LogP contribution is 2.31. The Hall–Kier alpha value is -1.79. The molecule has 1 aromatic carbocycles. The molecule has 1 fully saturated rings. The maximum Gasteiger partial charge on any atom is 0.267 e. The van der Waals surface area contributed by atoms with Gasteiger partial charge in [-0.05, 0) is 12.1 Å². The van der Waals surface area contributed by atoms with E-state index in [1.54, 1.807) is 11.9 Å². The molecular weight excluding hydrogens is 272 g/mol. The summed E-state index contributed by atoms with van der Waals surface area (Å²) in [5.74, 6) is 1.22. The van der Waals surface area contributed by atoms with E-state index in [1.165, 1.54) is 0 Å². The lowest BCUT2D eigenvalue weighted by atomic mass is 10.2. The second kappa shape index (κ2) is 6.32. The number of hydrogen-bond donors (Lipinski definition) is 1. The lowest BCUT2D eigenvalue weighted by Crippen LogP contribution is -2.50. The van der Waals surface area contributed by atoms with Gasteiger partial charge in [0.05, 0.1) is 12.7 Å². The van der Waals surface area contributed by atoms with Crippen molar-refractivity contribution < 1.29 is 19.0 Å². The highest BCUT2D eigenvalue weighted by atomic mass is 16.6. The van der Waals surface area contributed by atoms with Crippen LogP contribution < -0.4 is 14.8 Å². The third-order valence-electron chi connectivity index (χ3n) is 3.64. The third-order valence-corrected chi connectivity index (χ3v) is 3.64. The minimum atomic E-state index is -0.596. The van der Waals surface area contributed by atoms with Crippen molar-refractivity contribution in [2.75, 3.05) is 39.9 Å². The summed E-state index contributed by atoms with van der Waals surface area (Å²) < 4.78 is 16.9. The van der Waals surface area contributed by atoms with Gasteiger partial charge in [-0.25, -0.2) is 0 Å². The molecule has 114 valence electrons. The van der Waals surface area contributed by atoms with Crippen LogP contribution in [0.15, 0.2) is 24.3 Å². The van der Waals surface area contributed by atoms with E-state index in [0.717, 1.165) is 13.1 Å². The van der Waals surface area contributed by atoms with Gasteiger partial charge in [-0.15, -0.1) is 0 Å². The monoisotopic (exact) mass is 292 g/mol. The number of nitrogens with one attached hydrogen (secondary N) is 1. The van der Waals surface area contributed by atoms with Crippen molar-refractivity contribution in [3.8, 4) is 11.5 Å². The van der Waals surface area contributed by atoms with Crippen molar-refractivity contribution in [1.29, 1.82) is 0 Å². The molecule has 21 heavy (non-hydrogen) atoms. The van der Waals surface area contributed by atoms with Crippen LogP contribution in [0.4, 0.5) is 0 Å². The summed E-state index contributed by atoms with van der Waals surface area (Å²) in [5.41, 5.74) is 0. The third kappa shape index (κ3) is 3.28. The zero-order valence-corrected chi connectivity index (χ0v) is 12.1. The van der Waals surface area contributed by atoms with E-state index >= 15 is 0 Å². The minimum absolute atomic E-state index is 0.0319. The van der Waals surface area contributed by atoms with Gasteiger partial charge in [0, 0.05) is 26.7 Å². The summed E-state index contributed by atoms with van der Waals surface area (Å²) in [4.78, 5) is 14.1. The van der Waals surface area contributed by atoms with Gasteiger partial charge >= 0.3 is 0 Å². The van der Waals surface area contributed by atoms with Crippen LogP contribution in [0, 0.1) is 0 Å². The first-order valence-electron chi connectivity index (χ1n) is 7.20. The van der Waals surface area contributed by atoms with Gasteiger partial charge in [0.1, 0.15) is 6.61 Å². The quantitative estimate of drug-likeness (QED) is 0.867. The smallest absolute Gasteiger partial charge is 0.267 e. The van der Waals surface area contributed by atoms with Gasteiger partial charge in [-0.2, -0.15) is 0 Å². The van der Waals surface area contributed by atoms with Crippen molar-refractivity contribution in [3.05, 3.63) is 24.3 Å². The van der Waals surface area contributed by atoms with E-state index in [2.05, 4.69) is 5.32 Å². The van der Waals surface area contributed by atoms with E-state index in [-0.39, 0.29) is 18.6 Å². The Kier molecular flexibility index (Phi) is 4.26. The van der Waals surface area contributed by atoms with Crippen LogP contribution in [0.25, 0.3) is 0 Å². The van der Waals surface area contributed by atoms with E-state index in [9.17, 15) is 4.79 Å². The molecule has 1 saturated heterocycles. The Bertz CT molecular complexity index is 502. The number of para-hydroxylation sites is 2. The highest BCUT2D eigenvalue weighted by molar-refractivity contribution is 5.81. The highest BCUT2D eigenvalue weighted by Gasteiger charge is 2.30. The molecule has 2 heterocycles. The summed E-state index contributed by atoms with van der Waals surface area (Å²) in [6, 6.07) is 7.38. The molecule has 0 aliphatic carbocycles. The van der Waals surface area contributed by atoms with Crippen molar-refractivity contribution >= 4 is 5.91 Å². The first-order chi connectivity index (χ1) is 10.2. The van der Waals surface area contributed by atoms with E-state index < -0.39 is 6.10 Å². The summed E-state index contributed by atoms with van der Waals surface area (Å²) in [6.07, 6.45) is -0.564. The normalized spacial score (nSPS) is 24.4. The molecule has 0 spiro atoms. The number of carbonyl (C=O) groups is 1. The topological polar surface area (TPSA) is 60.0 Å². The molecule has 1 N–H and O–H groups in total. The second-order valence-electron chi connectivity index (χ2n) is 5.28. The molecule has 3 rings (SSSR count). The molecular formula is C15H20N2O4. The number of morpholine rings is 1. The molecule has 2 aliphatic heterocycles. The number of ether oxygens (including phenoxy) is 3. The molecule has 1 aromatic rings. The molecule has 6 nitrogen and oxygen atoms in total. The van der Waals surface area contributed by atoms with E-state index in [0.29, 0.717) is 24.7 Å². The van der Waals surface area contributed by atoms with Crippen LogP contribution in [-0.2, 0) is 9.53 Å². The lowest BCUT2D eigenvalue weighted by Gasteiger charge is -2.31. The Morgan fingerprint density at radius 2 is 2.19 bits per heavy atom. The van der Waals surface area contributed by atoms with E-state index in [4.69, 9.17) is 14.2 Å². The van der Waals surface area contributed by atoms with Crippen LogP contribution in [0.2, 0.25) is 0 Å². The summed E-state index contributed by atoms with van der Waals surface area (Å²) in [5, 5.41) is 3.25. The Balaban J connectivity index is 1.58. The fourth-order valence-electron chi connectivity index (χ4n) is 2.52. The van der Waals surface area contributed by atoms with Crippen molar-refractivity contribution in [1.82, 2.24) is 10.2 Å². The van der Waals surface area contributed by atoms with Gasteiger partial charge in [-0.3, -0.25) is 4.79 Å². The SMILES string of the molecule is CN(CC1CNCCO1)C(=O)C1COc2ccccc2O1. The van der Waals surface area contributed by atoms with Crippen LogP contribution in [0.5, 0.6) is 11.5 Å². The maximum absolute atomic E-state index is 12.4. The number of hydrogen-bond acceptors (Lipinski definition) is 5. The van der Waals surface area contributed by atoms with Crippen LogP contribution >= 0.6 is 0 Å². The summed E-state index contributed by atoms with van der Waals surface area (Å²) in [7, 11) is 1.77. The number of amides is 1. The Labute approximate surface area is 124 Å². The molecule has 6 heteroatoms. The number of likely N-dealkylation sites (N-methyl/N-ethyl adjacent to an activating group) is 1. The Morgan fingerprint density at radius 1 is 1.38 bits per heavy atom. The predicted octanol–water partition coefficient (Wildman–Crippen LogP) is 0.273. The van der Waals surface area contributed by atoms with Gasteiger partial charge in [0.15, 0.2) is 11.5 Å². The Morgan fingerprint density at radius 3 is 2.95 bits per heavy atom. The zero-order chi connectivity index (χ0) is 14.7. The molecule has 0 aromatic heterocycles. The number of fused-ring (bicyclic) bond motifs is 1. The fraction of sp³-hybridized carbons (Fsp3) is 0.533. The molecule has 2 aliphatic rings. The fourth-order valence-corrected chi connectivity index (χ4v) is 2.52. The molecule has 2 unspecified atom stereocenters. The molecule has 0 bridgehead atoms. The van der Waals surface area contributed by atoms with Crippen molar-refractivity contribution in [2.45, 2.75) is 12.2 Å². The largest absolute Gasteiger partial charge is 0.485 e. The average molecular weight is 292 g/mol. The first-order valence-corrected chi connectivity index (χ1v) is 7.20. The minimum Gasteiger partial charge on any atom is -0.485 e. The molecule has 1 amide bonds. The van der Waals surface area contributed by atoms with Crippen LogP contribution in [-0.4, -0.2) is 62.9 Å². The summed E-state index contributed by atoms with van der Waals surface area (Å²) >= 11 is 0. The van der Waals surface area contributed by atoms with Gasteiger partial charge in [0.25, 0.3) is 5.91 Å².